The topological polar surface area (TPSA) is 49.8 Å². The van der Waals surface area contributed by atoms with Crippen molar-refractivity contribution in [3.8, 4) is 0 Å². The fourth-order valence-corrected chi connectivity index (χ4v) is 1.38. The van der Waals surface area contributed by atoms with E-state index in [0.717, 1.165) is 11.5 Å². The average Bonchev–Trinajstić information content (AvgIpc) is 2.33. The lowest BCUT2D eigenvalue weighted by atomic mass is 10.5. The number of hydrogen-bond acceptors (Lipinski definition) is 4. The third-order valence-corrected chi connectivity index (χ3v) is 1.85. The maximum absolute atomic E-state index is 3.98. The Hall–Kier alpha value is -1.10. The summed E-state index contributed by atoms with van der Waals surface area (Å²) in [5, 5.41) is 0. The van der Waals surface area contributed by atoms with Gasteiger partial charge in [-0.25, -0.2) is 9.97 Å². The molecule has 0 aliphatic carbocycles. The Bertz CT molecular complexity index is 203. The van der Waals surface area contributed by atoms with Gasteiger partial charge in [0.2, 0.25) is 0 Å². The van der Waals surface area contributed by atoms with Gasteiger partial charge in [-0.2, -0.15) is 0 Å². The molecule has 0 saturated heterocycles. The lowest BCUT2D eigenvalue weighted by Crippen LogP contribution is -2.05. The summed E-state index contributed by atoms with van der Waals surface area (Å²) >= 11 is 0. The van der Waals surface area contributed by atoms with Gasteiger partial charge >= 0.3 is 9.84 Å². The largest absolute Gasteiger partial charge is 0.389 e. The maximum Gasteiger partial charge on any atom is 0.328 e. The van der Waals surface area contributed by atoms with Crippen LogP contribution in [0.15, 0.2) is 12.5 Å². The first kappa shape index (κ1) is 4.75. The highest BCUT2D eigenvalue weighted by molar-refractivity contribution is 6.48. The second-order valence-corrected chi connectivity index (χ2v) is 2.41. The first-order valence-electron chi connectivity index (χ1n) is 2.54. The van der Waals surface area contributed by atoms with Crippen LogP contribution in [0, 0.1) is 0 Å². The van der Waals surface area contributed by atoms with Gasteiger partial charge in [0.25, 0.3) is 0 Å². The third kappa shape index (κ3) is 0.654. The summed E-state index contributed by atoms with van der Waals surface area (Å²) in [6.45, 7) is 0. The maximum atomic E-state index is 3.98. The summed E-state index contributed by atoms with van der Waals surface area (Å²) < 4.78 is 0. The Morgan fingerprint density at radius 3 is 3.33 bits per heavy atom. The van der Waals surface area contributed by atoms with Gasteiger partial charge in [-0.05, 0) is 0 Å². The van der Waals surface area contributed by atoms with Crippen LogP contribution in [-0.2, 0) is 0 Å². The van der Waals surface area contributed by atoms with Gasteiger partial charge in [-0.3, -0.25) is 0 Å². The van der Waals surface area contributed by atoms with Crippen molar-refractivity contribution in [2.75, 3.05) is 9.96 Å². The van der Waals surface area contributed by atoms with Crippen molar-refractivity contribution in [1.82, 2.24) is 9.97 Å². The smallest absolute Gasteiger partial charge is 0.328 e. The number of aromatic nitrogens is 2. The van der Waals surface area contributed by atoms with Gasteiger partial charge in [-0.1, -0.05) is 0 Å². The van der Waals surface area contributed by atoms with Crippen molar-refractivity contribution in [3.63, 3.8) is 0 Å². The molecule has 4 nitrogen and oxygen atoms in total. The molecule has 2 rings (SSSR count). The van der Waals surface area contributed by atoms with Crippen LogP contribution in [-0.4, -0.2) is 19.8 Å². The molecular formula is C4H4N4Si. The number of hydrogen-bond donors (Lipinski definition) is 2. The first-order valence-corrected chi connectivity index (χ1v) is 3.54. The number of nitrogens with zero attached hydrogens (tertiary/aromatic N) is 2. The lowest BCUT2D eigenvalue weighted by molar-refractivity contribution is 1.19. The molecule has 0 amide bonds. The minimum atomic E-state index is 0.544. The summed E-state index contributed by atoms with van der Waals surface area (Å²) in [4.78, 5) is 14.0. The van der Waals surface area contributed by atoms with Gasteiger partial charge in [0.05, 0.1) is 11.9 Å². The van der Waals surface area contributed by atoms with E-state index in [-0.39, 0.29) is 0 Å². The molecule has 0 bridgehead atoms. The molecule has 2 N–H and O–H groups in total. The zero-order valence-electron chi connectivity index (χ0n) is 4.55. The van der Waals surface area contributed by atoms with Gasteiger partial charge < -0.3 is 9.96 Å². The summed E-state index contributed by atoms with van der Waals surface area (Å²) in [6, 6.07) is 0. The molecule has 1 aromatic rings. The second kappa shape index (κ2) is 1.69. The van der Waals surface area contributed by atoms with E-state index in [1.165, 1.54) is 6.33 Å². The van der Waals surface area contributed by atoms with Crippen LogP contribution in [0.4, 0.5) is 11.5 Å². The fourth-order valence-electron chi connectivity index (χ4n) is 0.678. The molecule has 9 heavy (non-hydrogen) atoms. The summed E-state index contributed by atoms with van der Waals surface area (Å²) in [5.41, 5.74) is 0.996. The SMILES string of the molecule is c1ncc2c(n1)N[Si]N2. The Morgan fingerprint density at radius 2 is 2.44 bits per heavy atom. The molecule has 0 atom stereocenters. The second-order valence-electron chi connectivity index (χ2n) is 1.66. The number of anilines is 2. The van der Waals surface area contributed by atoms with Crippen molar-refractivity contribution < 1.29 is 0 Å². The highest BCUT2D eigenvalue weighted by Gasteiger charge is 2.09. The number of fused-ring (bicyclic) bond motifs is 1. The molecule has 0 spiro atoms. The van der Waals surface area contributed by atoms with E-state index in [9.17, 15) is 0 Å². The fraction of sp³-hybridized carbons (Fsp3) is 0. The molecule has 1 aliphatic rings. The van der Waals surface area contributed by atoms with Crippen molar-refractivity contribution in [2.45, 2.75) is 0 Å². The molecule has 1 aromatic heterocycles. The molecule has 1 aliphatic heterocycles. The van der Waals surface area contributed by atoms with E-state index in [2.05, 4.69) is 19.9 Å². The van der Waals surface area contributed by atoms with Crippen molar-refractivity contribution >= 4 is 21.3 Å². The van der Waals surface area contributed by atoms with Crippen molar-refractivity contribution in [1.29, 1.82) is 0 Å². The van der Waals surface area contributed by atoms with Crippen LogP contribution in [0.25, 0.3) is 0 Å². The van der Waals surface area contributed by atoms with E-state index in [4.69, 9.17) is 0 Å². The summed E-state index contributed by atoms with van der Waals surface area (Å²) in [7, 11) is 0.544. The molecular weight excluding hydrogens is 132 g/mol. The normalized spacial score (nSPS) is 13.8. The van der Waals surface area contributed by atoms with E-state index >= 15 is 0 Å². The van der Waals surface area contributed by atoms with E-state index in [0.29, 0.717) is 9.84 Å². The zero-order valence-corrected chi connectivity index (χ0v) is 5.55. The van der Waals surface area contributed by atoms with Gasteiger partial charge in [-0.15, -0.1) is 0 Å². The number of rotatable bonds is 0. The minimum Gasteiger partial charge on any atom is -0.389 e. The number of nitrogens with one attached hydrogen (secondary N) is 2. The van der Waals surface area contributed by atoms with Crippen molar-refractivity contribution in [3.05, 3.63) is 12.5 Å². The van der Waals surface area contributed by atoms with E-state index < -0.39 is 0 Å². The first-order chi connectivity index (χ1) is 4.47. The molecule has 5 heteroatoms. The Kier molecular flexibility index (Phi) is 0.893. The third-order valence-electron chi connectivity index (χ3n) is 1.09. The highest BCUT2D eigenvalue weighted by Crippen LogP contribution is 2.18. The van der Waals surface area contributed by atoms with Gasteiger partial charge in [0.15, 0.2) is 0 Å². The van der Waals surface area contributed by atoms with Gasteiger partial charge in [0, 0.05) is 0 Å². The van der Waals surface area contributed by atoms with Gasteiger partial charge in [0.1, 0.15) is 12.1 Å². The van der Waals surface area contributed by atoms with Crippen LogP contribution >= 0.6 is 0 Å². The molecule has 0 saturated carbocycles. The Morgan fingerprint density at radius 1 is 1.44 bits per heavy atom. The van der Waals surface area contributed by atoms with Crippen LogP contribution in [0.5, 0.6) is 0 Å². The molecule has 44 valence electrons. The van der Waals surface area contributed by atoms with E-state index in [1.54, 1.807) is 6.20 Å². The van der Waals surface area contributed by atoms with Crippen molar-refractivity contribution in [2.24, 2.45) is 0 Å². The lowest BCUT2D eigenvalue weighted by Gasteiger charge is -1.92. The standard InChI is InChI=1S/C4H4N4Si/c1-3-4(6-2-5-1)8-9-7-3/h1-2,7H,(H,5,6,8). The monoisotopic (exact) mass is 136 g/mol. The predicted octanol–water partition coefficient (Wildman–Crippen LogP) is -0.152. The Labute approximate surface area is 54.7 Å². The molecule has 0 fully saturated rings. The zero-order chi connectivity index (χ0) is 6.10. The predicted molar refractivity (Wildman–Crippen MR) is 35.0 cm³/mol. The van der Waals surface area contributed by atoms with E-state index in [1.807, 2.05) is 0 Å². The Balaban J connectivity index is 2.54. The summed E-state index contributed by atoms with van der Waals surface area (Å²) in [6.07, 6.45) is 3.29. The minimum absolute atomic E-state index is 0.544. The van der Waals surface area contributed by atoms with Crippen LogP contribution in [0.3, 0.4) is 0 Å². The quantitative estimate of drug-likeness (QED) is 0.487. The molecule has 2 heterocycles. The average molecular weight is 136 g/mol. The highest BCUT2D eigenvalue weighted by atomic mass is 28.2. The van der Waals surface area contributed by atoms with Crippen LogP contribution < -0.4 is 9.96 Å². The van der Waals surface area contributed by atoms with Crippen LogP contribution in [0.2, 0.25) is 0 Å². The molecule has 2 radical (unpaired) electrons. The molecule has 0 unspecified atom stereocenters. The molecule has 0 aromatic carbocycles. The summed E-state index contributed by atoms with van der Waals surface area (Å²) in [5.74, 6) is 0.906. The van der Waals surface area contributed by atoms with Crippen LogP contribution in [0.1, 0.15) is 0 Å².